The fourth-order valence-corrected chi connectivity index (χ4v) is 2.34. The standard InChI is InChI=1S/C16H24N2O2/c1-16(2,3)20-14-9-5-4-8-13(14)18-15(19)11-12-7-6-10-17-12/h4-5,8-9,12,17H,6-7,10-11H2,1-3H3,(H,18,19). The summed E-state index contributed by atoms with van der Waals surface area (Å²) < 4.78 is 5.87. The molecular formula is C16H24N2O2. The number of para-hydroxylation sites is 2. The summed E-state index contributed by atoms with van der Waals surface area (Å²) in [5.41, 5.74) is 0.457. The normalized spacial score (nSPS) is 18.9. The second kappa shape index (κ2) is 6.27. The van der Waals surface area contributed by atoms with Gasteiger partial charge in [-0.3, -0.25) is 4.79 Å². The van der Waals surface area contributed by atoms with Crippen molar-refractivity contribution in [3.8, 4) is 5.75 Å². The molecule has 0 bridgehead atoms. The van der Waals surface area contributed by atoms with Crippen molar-refractivity contribution in [2.75, 3.05) is 11.9 Å². The molecule has 110 valence electrons. The maximum atomic E-state index is 12.1. The molecule has 1 aromatic rings. The maximum absolute atomic E-state index is 12.1. The average Bonchev–Trinajstić information content (AvgIpc) is 2.82. The molecule has 0 spiro atoms. The van der Waals surface area contributed by atoms with E-state index < -0.39 is 0 Å². The molecule has 1 heterocycles. The van der Waals surface area contributed by atoms with E-state index >= 15 is 0 Å². The average molecular weight is 276 g/mol. The zero-order chi connectivity index (χ0) is 14.6. The second-order valence-electron chi connectivity index (χ2n) is 6.26. The van der Waals surface area contributed by atoms with Crippen LogP contribution in [0.25, 0.3) is 0 Å². The second-order valence-corrected chi connectivity index (χ2v) is 6.26. The van der Waals surface area contributed by atoms with Crippen LogP contribution >= 0.6 is 0 Å². The van der Waals surface area contributed by atoms with Gasteiger partial charge in [0.2, 0.25) is 5.91 Å². The van der Waals surface area contributed by atoms with Gasteiger partial charge in [0.25, 0.3) is 0 Å². The minimum Gasteiger partial charge on any atom is -0.486 e. The van der Waals surface area contributed by atoms with Crippen LogP contribution in [0.1, 0.15) is 40.0 Å². The van der Waals surface area contributed by atoms with Crippen LogP contribution in [-0.4, -0.2) is 24.1 Å². The monoisotopic (exact) mass is 276 g/mol. The van der Waals surface area contributed by atoms with Crippen molar-refractivity contribution in [3.63, 3.8) is 0 Å². The molecule has 2 rings (SSSR count). The number of amides is 1. The number of nitrogens with one attached hydrogen (secondary N) is 2. The van der Waals surface area contributed by atoms with Gasteiger partial charge in [0.15, 0.2) is 0 Å². The summed E-state index contributed by atoms with van der Waals surface area (Å²) in [6, 6.07) is 7.88. The van der Waals surface area contributed by atoms with Gasteiger partial charge in [-0.25, -0.2) is 0 Å². The molecule has 4 heteroatoms. The Hall–Kier alpha value is -1.55. The first-order valence-electron chi connectivity index (χ1n) is 7.25. The molecule has 1 fully saturated rings. The van der Waals surface area contributed by atoms with E-state index in [1.165, 1.54) is 0 Å². The van der Waals surface area contributed by atoms with E-state index in [2.05, 4.69) is 10.6 Å². The first kappa shape index (κ1) is 14.9. The summed E-state index contributed by atoms with van der Waals surface area (Å²) in [4.78, 5) is 12.1. The summed E-state index contributed by atoms with van der Waals surface area (Å²) in [5.74, 6) is 0.752. The summed E-state index contributed by atoms with van der Waals surface area (Å²) >= 11 is 0. The smallest absolute Gasteiger partial charge is 0.226 e. The fraction of sp³-hybridized carbons (Fsp3) is 0.562. The van der Waals surface area contributed by atoms with Gasteiger partial charge in [-0.05, 0) is 52.3 Å². The number of hydrogen-bond donors (Lipinski definition) is 2. The van der Waals surface area contributed by atoms with Crippen LogP contribution in [0.4, 0.5) is 5.69 Å². The van der Waals surface area contributed by atoms with Gasteiger partial charge < -0.3 is 15.4 Å². The van der Waals surface area contributed by atoms with Crippen molar-refractivity contribution in [2.24, 2.45) is 0 Å². The molecule has 1 saturated heterocycles. The van der Waals surface area contributed by atoms with Crippen LogP contribution in [0.15, 0.2) is 24.3 Å². The van der Waals surface area contributed by atoms with Crippen LogP contribution in [-0.2, 0) is 4.79 Å². The Morgan fingerprint density at radius 3 is 2.80 bits per heavy atom. The number of ether oxygens (including phenoxy) is 1. The van der Waals surface area contributed by atoms with Crippen molar-refractivity contribution in [1.82, 2.24) is 5.32 Å². The first-order chi connectivity index (χ1) is 9.44. The van der Waals surface area contributed by atoms with E-state index in [1.54, 1.807) is 0 Å². The van der Waals surface area contributed by atoms with Gasteiger partial charge in [-0.15, -0.1) is 0 Å². The van der Waals surface area contributed by atoms with Gasteiger partial charge in [0, 0.05) is 12.5 Å². The Morgan fingerprint density at radius 2 is 2.15 bits per heavy atom. The molecule has 20 heavy (non-hydrogen) atoms. The maximum Gasteiger partial charge on any atom is 0.226 e. The highest BCUT2D eigenvalue weighted by molar-refractivity contribution is 5.92. The summed E-state index contributed by atoms with van der Waals surface area (Å²) in [7, 11) is 0. The minimum atomic E-state index is -0.284. The highest BCUT2D eigenvalue weighted by Crippen LogP contribution is 2.27. The lowest BCUT2D eigenvalue weighted by molar-refractivity contribution is -0.116. The van der Waals surface area contributed by atoms with Crippen molar-refractivity contribution < 1.29 is 9.53 Å². The summed E-state index contributed by atoms with van der Waals surface area (Å²) in [5, 5.41) is 6.29. The molecule has 0 saturated carbocycles. The Balaban J connectivity index is 1.99. The largest absolute Gasteiger partial charge is 0.486 e. The van der Waals surface area contributed by atoms with Crippen molar-refractivity contribution in [2.45, 2.75) is 51.7 Å². The molecule has 1 atom stereocenters. The van der Waals surface area contributed by atoms with E-state index in [1.807, 2.05) is 45.0 Å². The van der Waals surface area contributed by atoms with Gasteiger partial charge in [-0.1, -0.05) is 12.1 Å². The predicted octanol–water partition coefficient (Wildman–Crippen LogP) is 2.94. The van der Waals surface area contributed by atoms with Gasteiger partial charge in [0.1, 0.15) is 11.4 Å². The Morgan fingerprint density at radius 1 is 1.40 bits per heavy atom. The van der Waals surface area contributed by atoms with Crippen LogP contribution in [0.5, 0.6) is 5.75 Å². The number of carbonyl (C=O) groups is 1. The molecule has 0 radical (unpaired) electrons. The molecule has 1 amide bonds. The molecule has 0 aliphatic carbocycles. The third kappa shape index (κ3) is 4.53. The minimum absolute atomic E-state index is 0.0364. The van der Waals surface area contributed by atoms with Crippen LogP contribution in [0, 0.1) is 0 Å². The molecule has 1 aliphatic rings. The Kier molecular flexibility index (Phi) is 4.65. The fourth-order valence-electron chi connectivity index (χ4n) is 2.34. The summed E-state index contributed by atoms with van der Waals surface area (Å²) in [6.07, 6.45) is 2.75. The molecule has 0 aromatic heterocycles. The third-order valence-corrected chi connectivity index (χ3v) is 3.17. The number of hydrogen-bond acceptors (Lipinski definition) is 3. The van der Waals surface area contributed by atoms with E-state index in [9.17, 15) is 4.79 Å². The molecule has 1 aliphatic heterocycles. The van der Waals surface area contributed by atoms with Crippen molar-refractivity contribution in [1.29, 1.82) is 0 Å². The topological polar surface area (TPSA) is 50.4 Å². The van der Waals surface area contributed by atoms with Gasteiger partial charge >= 0.3 is 0 Å². The first-order valence-corrected chi connectivity index (χ1v) is 7.25. The summed E-state index contributed by atoms with van der Waals surface area (Å²) in [6.45, 7) is 7.00. The van der Waals surface area contributed by atoms with Crippen LogP contribution in [0.2, 0.25) is 0 Å². The predicted molar refractivity (Wildman–Crippen MR) is 81.1 cm³/mol. The van der Waals surface area contributed by atoms with Crippen molar-refractivity contribution >= 4 is 11.6 Å². The third-order valence-electron chi connectivity index (χ3n) is 3.17. The Bertz CT molecular complexity index is 460. The van der Waals surface area contributed by atoms with E-state index in [0.29, 0.717) is 18.2 Å². The lowest BCUT2D eigenvalue weighted by atomic mass is 10.1. The number of anilines is 1. The molecule has 2 N–H and O–H groups in total. The van der Waals surface area contributed by atoms with Crippen LogP contribution < -0.4 is 15.4 Å². The number of benzene rings is 1. The van der Waals surface area contributed by atoms with Crippen LogP contribution in [0.3, 0.4) is 0 Å². The molecular weight excluding hydrogens is 252 g/mol. The van der Waals surface area contributed by atoms with E-state index in [-0.39, 0.29) is 11.5 Å². The molecule has 4 nitrogen and oxygen atoms in total. The Labute approximate surface area is 120 Å². The highest BCUT2D eigenvalue weighted by Gasteiger charge is 2.19. The highest BCUT2D eigenvalue weighted by atomic mass is 16.5. The van der Waals surface area contributed by atoms with E-state index in [4.69, 9.17) is 4.74 Å². The van der Waals surface area contributed by atoms with Gasteiger partial charge in [0.05, 0.1) is 5.69 Å². The SMILES string of the molecule is CC(C)(C)Oc1ccccc1NC(=O)CC1CCCN1. The zero-order valence-electron chi connectivity index (χ0n) is 12.5. The van der Waals surface area contributed by atoms with E-state index in [0.717, 1.165) is 25.1 Å². The molecule has 1 unspecified atom stereocenters. The number of carbonyl (C=O) groups excluding carboxylic acids is 1. The zero-order valence-corrected chi connectivity index (χ0v) is 12.5. The molecule has 1 aromatic carbocycles. The quantitative estimate of drug-likeness (QED) is 0.889. The number of rotatable bonds is 4. The van der Waals surface area contributed by atoms with Gasteiger partial charge in [-0.2, -0.15) is 0 Å². The van der Waals surface area contributed by atoms with Crippen molar-refractivity contribution in [3.05, 3.63) is 24.3 Å². The lowest BCUT2D eigenvalue weighted by Gasteiger charge is -2.23. The lowest BCUT2D eigenvalue weighted by Crippen LogP contribution is -2.28.